The molecule has 0 atom stereocenters. The fourth-order valence-electron chi connectivity index (χ4n) is 4.01. The summed E-state index contributed by atoms with van der Waals surface area (Å²) in [5.74, 6) is -0.421. The molecule has 1 spiro atoms. The summed E-state index contributed by atoms with van der Waals surface area (Å²) in [6.45, 7) is 7.75. The molecule has 0 unspecified atom stereocenters. The maximum atomic E-state index is 13.1. The summed E-state index contributed by atoms with van der Waals surface area (Å²) < 4.78 is 11.6. The van der Waals surface area contributed by atoms with Gasteiger partial charge in [0.05, 0.1) is 25.1 Å². The number of aromatic nitrogens is 1. The van der Waals surface area contributed by atoms with Crippen molar-refractivity contribution in [3.05, 3.63) is 59.9 Å². The third-order valence-corrected chi connectivity index (χ3v) is 5.75. The van der Waals surface area contributed by atoms with E-state index in [1.165, 1.54) is 0 Å². The molecule has 154 valence electrons. The highest BCUT2D eigenvalue weighted by Crippen LogP contribution is 2.33. The van der Waals surface area contributed by atoms with Crippen molar-refractivity contribution in [3.63, 3.8) is 0 Å². The Kier molecular flexibility index (Phi) is 5.83. The van der Waals surface area contributed by atoms with Gasteiger partial charge in [-0.15, -0.1) is 0 Å². The molecule has 2 aromatic rings. The van der Waals surface area contributed by atoms with Crippen molar-refractivity contribution >= 4 is 11.6 Å². The van der Waals surface area contributed by atoms with Crippen LogP contribution < -0.4 is 4.90 Å². The summed E-state index contributed by atoms with van der Waals surface area (Å²) >= 11 is 0. The Bertz CT molecular complexity index is 807. The zero-order valence-electron chi connectivity index (χ0n) is 17.2. The van der Waals surface area contributed by atoms with E-state index in [4.69, 9.17) is 9.47 Å². The number of ether oxygens (including phenoxy) is 2. The van der Waals surface area contributed by atoms with Gasteiger partial charge in [0, 0.05) is 38.5 Å². The fraction of sp³-hybridized carbons (Fsp3) is 0.478. The Balaban J connectivity index is 1.41. The number of rotatable bonds is 5. The lowest BCUT2D eigenvalue weighted by atomic mass is 10.0. The topological polar surface area (TPSA) is 54.9 Å². The number of piperidine rings is 1. The maximum Gasteiger partial charge on any atom is 0.272 e. The lowest BCUT2D eigenvalue weighted by Crippen LogP contribution is -2.45. The van der Waals surface area contributed by atoms with E-state index in [0.29, 0.717) is 25.5 Å². The normalized spacial score (nSPS) is 18.4. The van der Waals surface area contributed by atoms with Gasteiger partial charge in [0.15, 0.2) is 5.79 Å². The minimum atomic E-state index is -0.380. The van der Waals surface area contributed by atoms with Gasteiger partial charge in [0.2, 0.25) is 0 Å². The van der Waals surface area contributed by atoms with Crippen LogP contribution in [0, 0.1) is 0 Å². The minimum absolute atomic E-state index is 0.0410. The average molecular weight is 396 g/mol. The van der Waals surface area contributed by atoms with Crippen LogP contribution in [0.15, 0.2) is 48.7 Å². The van der Waals surface area contributed by atoms with Gasteiger partial charge >= 0.3 is 0 Å². The van der Waals surface area contributed by atoms with E-state index >= 15 is 0 Å². The fourth-order valence-corrected chi connectivity index (χ4v) is 4.01. The molecule has 0 bridgehead atoms. The van der Waals surface area contributed by atoms with E-state index in [-0.39, 0.29) is 17.7 Å². The molecule has 0 aliphatic carbocycles. The molecular weight excluding hydrogens is 366 g/mol. The molecule has 0 saturated carbocycles. The van der Waals surface area contributed by atoms with E-state index < -0.39 is 0 Å². The van der Waals surface area contributed by atoms with Crippen LogP contribution in [-0.2, 0) is 16.0 Å². The van der Waals surface area contributed by atoms with Crippen molar-refractivity contribution in [1.82, 2.24) is 9.88 Å². The van der Waals surface area contributed by atoms with Gasteiger partial charge < -0.3 is 19.3 Å². The van der Waals surface area contributed by atoms with Crippen LogP contribution >= 0.6 is 0 Å². The first-order valence-electron chi connectivity index (χ1n) is 10.4. The summed E-state index contributed by atoms with van der Waals surface area (Å²) in [6, 6.07) is 14.0. The van der Waals surface area contributed by atoms with Crippen LogP contribution in [0.4, 0.5) is 5.69 Å². The van der Waals surface area contributed by atoms with Crippen LogP contribution in [0.5, 0.6) is 0 Å². The Hall–Kier alpha value is -2.44. The largest absolute Gasteiger partial charge is 0.370 e. The highest BCUT2D eigenvalue weighted by atomic mass is 16.7. The molecule has 4 rings (SSSR count). The van der Waals surface area contributed by atoms with Crippen molar-refractivity contribution in [1.29, 1.82) is 0 Å². The second-order valence-corrected chi connectivity index (χ2v) is 8.01. The van der Waals surface area contributed by atoms with Crippen LogP contribution in [0.25, 0.3) is 0 Å². The highest BCUT2D eigenvalue weighted by Gasteiger charge is 2.39. The summed E-state index contributed by atoms with van der Waals surface area (Å²) in [5.41, 5.74) is 2.63. The van der Waals surface area contributed by atoms with Gasteiger partial charge in [-0.3, -0.25) is 4.79 Å². The second kappa shape index (κ2) is 8.51. The van der Waals surface area contributed by atoms with Gasteiger partial charge in [-0.2, -0.15) is 0 Å². The zero-order chi connectivity index (χ0) is 20.3. The quantitative estimate of drug-likeness (QED) is 0.776. The Morgan fingerprint density at radius 1 is 1.10 bits per heavy atom. The highest BCUT2D eigenvalue weighted by molar-refractivity contribution is 5.92. The van der Waals surface area contributed by atoms with Crippen molar-refractivity contribution in [2.75, 3.05) is 31.2 Å². The number of nitrogens with zero attached hydrogens (tertiary/aromatic N) is 3. The Morgan fingerprint density at radius 2 is 1.79 bits per heavy atom. The third-order valence-electron chi connectivity index (χ3n) is 5.75. The monoisotopic (exact) mass is 395 g/mol. The Morgan fingerprint density at radius 3 is 2.38 bits per heavy atom. The number of hydrogen-bond donors (Lipinski definition) is 0. The van der Waals surface area contributed by atoms with E-state index in [1.54, 1.807) is 0 Å². The number of pyridine rings is 1. The summed E-state index contributed by atoms with van der Waals surface area (Å²) in [5, 5.41) is 0. The van der Waals surface area contributed by atoms with Crippen molar-refractivity contribution in [2.45, 2.75) is 45.1 Å². The lowest BCUT2D eigenvalue weighted by Gasteiger charge is -2.38. The van der Waals surface area contributed by atoms with Crippen LogP contribution in [0.3, 0.4) is 0 Å². The van der Waals surface area contributed by atoms with Gasteiger partial charge in [0.1, 0.15) is 5.69 Å². The Labute approximate surface area is 172 Å². The molecule has 2 aliphatic heterocycles. The molecular formula is C23H29N3O3. The second-order valence-electron chi connectivity index (χ2n) is 8.01. The third kappa shape index (κ3) is 4.43. The van der Waals surface area contributed by atoms with E-state index in [2.05, 4.69) is 9.88 Å². The smallest absolute Gasteiger partial charge is 0.272 e. The molecule has 2 aliphatic rings. The lowest BCUT2D eigenvalue weighted by molar-refractivity contribution is -0.169. The minimum Gasteiger partial charge on any atom is -0.370 e. The van der Waals surface area contributed by atoms with E-state index in [9.17, 15) is 4.79 Å². The van der Waals surface area contributed by atoms with Gasteiger partial charge in [0.25, 0.3) is 5.91 Å². The molecule has 1 amide bonds. The molecule has 0 N–H and O–H groups in total. The first-order chi connectivity index (χ1) is 14.1. The number of carbonyl (C=O) groups excluding carboxylic acids is 1. The predicted octanol–water partition coefficient (Wildman–Crippen LogP) is 3.48. The zero-order valence-corrected chi connectivity index (χ0v) is 17.2. The first kappa shape index (κ1) is 19.9. The van der Waals surface area contributed by atoms with E-state index in [1.807, 2.05) is 67.4 Å². The van der Waals surface area contributed by atoms with Crippen LogP contribution in [-0.4, -0.2) is 53.9 Å². The number of hydrogen-bond acceptors (Lipinski definition) is 5. The average Bonchev–Trinajstić information content (AvgIpc) is 3.21. The number of carbonyl (C=O) groups is 1. The van der Waals surface area contributed by atoms with Crippen molar-refractivity contribution in [2.24, 2.45) is 0 Å². The van der Waals surface area contributed by atoms with Crippen LogP contribution in [0.1, 0.15) is 42.7 Å². The molecule has 0 radical (unpaired) electrons. The van der Waals surface area contributed by atoms with Crippen LogP contribution in [0.2, 0.25) is 0 Å². The first-order valence-corrected chi connectivity index (χ1v) is 10.4. The number of amides is 1. The predicted molar refractivity (Wildman–Crippen MR) is 112 cm³/mol. The van der Waals surface area contributed by atoms with Gasteiger partial charge in [-0.1, -0.05) is 30.3 Å². The summed E-state index contributed by atoms with van der Waals surface area (Å²) in [6.07, 6.45) is 3.51. The molecule has 6 nitrogen and oxygen atoms in total. The van der Waals surface area contributed by atoms with E-state index in [0.717, 1.165) is 37.2 Å². The molecule has 2 fully saturated rings. The van der Waals surface area contributed by atoms with Crippen molar-refractivity contribution < 1.29 is 14.3 Å². The maximum absolute atomic E-state index is 13.1. The molecule has 2 saturated heterocycles. The molecule has 3 heterocycles. The summed E-state index contributed by atoms with van der Waals surface area (Å²) in [4.78, 5) is 21.7. The molecule has 29 heavy (non-hydrogen) atoms. The van der Waals surface area contributed by atoms with Gasteiger partial charge in [-0.25, -0.2) is 4.98 Å². The number of anilines is 1. The summed E-state index contributed by atoms with van der Waals surface area (Å²) in [7, 11) is 0. The molecule has 1 aromatic carbocycles. The SMILES string of the molecule is CC(C)N(Cc1ccccc1)C(=O)c1ccc(N2CCC3(CC2)OCCO3)cn1. The number of benzene rings is 1. The molecule has 1 aromatic heterocycles. The molecule has 6 heteroatoms. The van der Waals surface area contributed by atoms with Crippen molar-refractivity contribution in [3.8, 4) is 0 Å². The van der Waals surface area contributed by atoms with Gasteiger partial charge in [-0.05, 0) is 31.5 Å². The standard InChI is InChI=1S/C23H29N3O3/c1-18(2)26(17-19-6-4-3-5-7-19)22(27)21-9-8-20(16-24-21)25-12-10-23(11-13-25)28-14-15-29-23/h3-9,16,18H,10-15,17H2,1-2H3.